The highest BCUT2D eigenvalue weighted by atomic mass is 32.2. The minimum absolute atomic E-state index is 0.0263. The van der Waals surface area contributed by atoms with E-state index >= 15 is 0 Å². The standard InChI is InChI=1S/C29H31F3N4O2S.CH2O2/c1-35(21-14-15-26(37-2)27(17-21)38-3)28-25(9-4-5-16-33)34-29(36(28)20-12-10-19(30)11-13-20)39-18-22-23(31)7-6-8-24(22)32;2-1-3/h6-8,10-15,17H,4-5,9,16,18,33H2,1-3H3;1H,(H,2,3). The van der Waals surface area contributed by atoms with Gasteiger partial charge in [0.15, 0.2) is 16.7 Å². The van der Waals surface area contributed by atoms with Crippen LogP contribution in [0.25, 0.3) is 5.69 Å². The number of aryl methyl sites for hydroxylation is 1. The molecule has 42 heavy (non-hydrogen) atoms. The third kappa shape index (κ3) is 7.77. The summed E-state index contributed by atoms with van der Waals surface area (Å²) in [7, 11) is 5.04. The van der Waals surface area contributed by atoms with Crippen LogP contribution in [0.15, 0.2) is 65.8 Å². The van der Waals surface area contributed by atoms with Gasteiger partial charge in [0, 0.05) is 35.8 Å². The molecule has 1 heterocycles. The molecule has 3 aromatic carbocycles. The maximum Gasteiger partial charge on any atom is 0.290 e. The molecule has 3 N–H and O–H groups in total. The normalized spacial score (nSPS) is 10.5. The number of anilines is 2. The Labute approximate surface area is 246 Å². The van der Waals surface area contributed by atoms with Crippen molar-refractivity contribution in [2.45, 2.75) is 30.2 Å². The van der Waals surface area contributed by atoms with Crippen molar-refractivity contribution in [1.29, 1.82) is 0 Å². The second kappa shape index (κ2) is 15.7. The Bertz CT molecular complexity index is 1450. The van der Waals surface area contributed by atoms with Crippen molar-refractivity contribution in [2.24, 2.45) is 5.73 Å². The second-order valence-electron chi connectivity index (χ2n) is 8.91. The van der Waals surface area contributed by atoms with Gasteiger partial charge < -0.3 is 25.2 Å². The van der Waals surface area contributed by atoms with Crippen LogP contribution in [0.5, 0.6) is 11.5 Å². The fraction of sp³-hybridized carbons (Fsp3) is 0.267. The maximum absolute atomic E-state index is 14.4. The van der Waals surface area contributed by atoms with E-state index in [-0.39, 0.29) is 23.6 Å². The Morgan fingerprint density at radius 3 is 2.24 bits per heavy atom. The zero-order valence-electron chi connectivity index (χ0n) is 23.5. The number of halogens is 3. The Morgan fingerprint density at radius 2 is 1.64 bits per heavy atom. The maximum atomic E-state index is 14.4. The number of nitrogens with two attached hydrogens (primary N) is 1. The molecular weight excluding hydrogens is 569 g/mol. The topological polar surface area (TPSA) is 103 Å². The molecule has 8 nitrogen and oxygen atoms in total. The lowest BCUT2D eigenvalue weighted by Crippen LogP contribution is -2.16. The molecule has 0 unspecified atom stereocenters. The number of methoxy groups -OCH3 is 2. The van der Waals surface area contributed by atoms with Crippen LogP contribution < -0.4 is 20.1 Å². The number of ether oxygens (including phenoxy) is 2. The largest absolute Gasteiger partial charge is 0.493 e. The van der Waals surface area contributed by atoms with Crippen molar-refractivity contribution in [3.05, 3.63) is 89.4 Å². The molecule has 0 aliphatic heterocycles. The highest BCUT2D eigenvalue weighted by molar-refractivity contribution is 7.98. The fourth-order valence-corrected chi connectivity index (χ4v) is 5.31. The van der Waals surface area contributed by atoms with Crippen LogP contribution in [0.1, 0.15) is 24.1 Å². The molecule has 224 valence electrons. The third-order valence-corrected chi connectivity index (χ3v) is 7.29. The molecule has 0 saturated heterocycles. The molecule has 0 aliphatic rings. The van der Waals surface area contributed by atoms with Gasteiger partial charge in [-0.2, -0.15) is 0 Å². The molecule has 0 spiro atoms. The van der Waals surface area contributed by atoms with Gasteiger partial charge in [0.2, 0.25) is 0 Å². The highest BCUT2D eigenvalue weighted by Gasteiger charge is 2.24. The number of hydrogen-bond acceptors (Lipinski definition) is 7. The van der Waals surface area contributed by atoms with Crippen LogP contribution in [-0.4, -0.2) is 48.9 Å². The van der Waals surface area contributed by atoms with E-state index in [4.69, 9.17) is 30.1 Å². The number of aromatic nitrogens is 2. The molecule has 1 aromatic heterocycles. The average Bonchev–Trinajstić information content (AvgIpc) is 3.35. The van der Waals surface area contributed by atoms with Gasteiger partial charge in [-0.15, -0.1) is 0 Å². The molecule has 0 amide bonds. The van der Waals surface area contributed by atoms with Crippen molar-refractivity contribution in [1.82, 2.24) is 9.55 Å². The zero-order valence-corrected chi connectivity index (χ0v) is 24.3. The smallest absolute Gasteiger partial charge is 0.290 e. The van der Waals surface area contributed by atoms with Gasteiger partial charge in [-0.3, -0.25) is 9.36 Å². The van der Waals surface area contributed by atoms with Crippen LogP contribution in [0.4, 0.5) is 24.7 Å². The molecule has 0 bridgehead atoms. The number of thioether (sulfide) groups is 1. The van der Waals surface area contributed by atoms with Crippen LogP contribution in [-0.2, 0) is 17.0 Å². The Hall–Kier alpha value is -4.16. The summed E-state index contributed by atoms with van der Waals surface area (Å²) in [6.45, 7) is 0.299. The lowest BCUT2D eigenvalue weighted by atomic mass is 10.1. The quantitative estimate of drug-likeness (QED) is 0.110. The average molecular weight is 603 g/mol. The van der Waals surface area contributed by atoms with Crippen LogP contribution >= 0.6 is 11.8 Å². The van der Waals surface area contributed by atoms with E-state index in [9.17, 15) is 13.2 Å². The van der Waals surface area contributed by atoms with Crippen molar-refractivity contribution >= 4 is 29.7 Å². The predicted octanol–water partition coefficient (Wildman–Crippen LogP) is 6.35. The molecule has 0 atom stereocenters. The molecular formula is C30H33F3N4O4S. The number of unbranched alkanes of at least 4 members (excludes halogenated alkanes) is 1. The fourth-order valence-electron chi connectivity index (χ4n) is 4.27. The molecule has 0 fully saturated rings. The molecule has 4 aromatic rings. The number of imidazole rings is 1. The van der Waals surface area contributed by atoms with E-state index in [0.717, 1.165) is 30.0 Å². The van der Waals surface area contributed by atoms with E-state index in [2.05, 4.69) is 0 Å². The Kier molecular flexibility index (Phi) is 12.1. The van der Waals surface area contributed by atoms with Crippen LogP contribution in [0.3, 0.4) is 0 Å². The van der Waals surface area contributed by atoms with Gasteiger partial charge in [0.05, 0.1) is 19.9 Å². The van der Waals surface area contributed by atoms with E-state index in [1.165, 1.54) is 42.1 Å². The minimum Gasteiger partial charge on any atom is -0.493 e. The predicted molar refractivity (Wildman–Crippen MR) is 158 cm³/mol. The number of benzene rings is 3. The van der Waals surface area contributed by atoms with E-state index in [1.54, 1.807) is 26.4 Å². The first-order valence-corrected chi connectivity index (χ1v) is 13.9. The number of nitrogens with zero attached hydrogens (tertiary/aromatic N) is 3. The Morgan fingerprint density at radius 1 is 1.00 bits per heavy atom. The highest BCUT2D eigenvalue weighted by Crippen LogP contribution is 2.39. The summed E-state index contributed by atoms with van der Waals surface area (Å²) in [5.41, 5.74) is 7.96. The Balaban J connectivity index is 0.00000155. The summed E-state index contributed by atoms with van der Waals surface area (Å²) in [4.78, 5) is 15.3. The van der Waals surface area contributed by atoms with Crippen molar-refractivity contribution in [3.63, 3.8) is 0 Å². The minimum atomic E-state index is -0.617. The number of carboxylic acid groups (broad SMARTS) is 1. The van der Waals surface area contributed by atoms with Crippen molar-refractivity contribution in [2.75, 3.05) is 32.7 Å². The summed E-state index contributed by atoms with van der Waals surface area (Å²) in [6.07, 6.45) is 2.24. The first-order valence-electron chi connectivity index (χ1n) is 13.0. The summed E-state index contributed by atoms with van der Waals surface area (Å²) < 4.78 is 55.5. The first kappa shape index (κ1) is 32.4. The van der Waals surface area contributed by atoms with Crippen molar-refractivity contribution < 1.29 is 32.5 Å². The first-order chi connectivity index (χ1) is 20.3. The monoisotopic (exact) mass is 602 g/mol. The van der Waals surface area contributed by atoms with E-state index in [1.807, 2.05) is 34.7 Å². The van der Waals surface area contributed by atoms with E-state index in [0.29, 0.717) is 35.3 Å². The van der Waals surface area contributed by atoms with E-state index < -0.39 is 11.6 Å². The van der Waals surface area contributed by atoms with Gasteiger partial charge in [0.25, 0.3) is 6.47 Å². The number of rotatable bonds is 12. The molecule has 12 heteroatoms. The summed E-state index contributed by atoms with van der Waals surface area (Å²) >= 11 is 1.21. The SMILES string of the molecule is COc1ccc(N(C)c2c(CCCCN)nc(SCc3c(F)cccc3F)n2-c2ccc(F)cc2)cc1OC.O=CO. The third-order valence-electron chi connectivity index (χ3n) is 6.32. The van der Waals surface area contributed by atoms with Crippen LogP contribution in [0, 0.1) is 17.5 Å². The lowest BCUT2D eigenvalue weighted by molar-refractivity contribution is -0.122. The van der Waals surface area contributed by atoms with Crippen LogP contribution in [0.2, 0.25) is 0 Å². The van der Waals surface area contributed by atoms with Crippen molar-refractivity contribution in [3.8, 4) is 17.2 Å². The zero-order chi connectivity index (χ0) is 30.6. The lowest BCUT2D eigenvalue weighted by Gasteiger charge is -2.24. The van der Waals surface area contributed by atoms with Gasteiger partial charge >= 0.3 is 0 Å². The second-order valence-corrected chi connectivity index (χ2v) is 9.86. The summed E-state index contributed by atoms with van der Waals surface area (Å²) in [5, 5.41) is 7.41. The van der Waals surface area contributed by atoms with Gasteiger partial charge in [-0.05, 0) is 74.3 Å². The molecule has 0 saturated carbocycles. The van der Waals surface area contributed by atoms with Gasteiger partial charge in [0.1, 0.15) is 23.3 Å². The number of carbonyl (C=O) groups is 1. The molecule has 0 radical (unpaired) electrons. The summed E-state index contributed by atoms with van der Waals surface area (Å²) in [5.74, 6) is 0.304. The van der Waals surface area contributed by atoms with Gasteiger partial charge in [-0.25, -0.2) is 18.2 Å². The molecule has 4 rings (SSSR count). The number of hydrogen-bond donors (Lipinski definition) is 2. The van der Waals surface area contributed by atoms with Gasteiger partial charge in [-0.1, -0.05) is 17.8 Å². The molecule has 0 aliphatic carbocycles. The summed E-state index contributed by atoms with van der Waals surface area (Å²) in [6, 6.07) is 15.4.